The summed E-state index contributed by atoms with van der Waals surface area (Å²) in [7, 11) is -3.35. The number of alkyl halides is 1. The van der Waals surface area contributed by atoms with Gasteiger partial charge in [0.2, 0.25) is 10.0 Å². The molecule has 0 saturated carbocycles. The molecule has 0 atom stereocenters. The van der Waals surface area contributed by atoms with E-state index in [0.29, 0.717) is 29.8 Å². The SMILES string of the molecule is CC(C)C1CCN(S(=O)(=O)c2ccsc2CCl)CC1. The van der Waals surface area contributed by atoms with Gasteiger partial charge in [0.15, 0.2) is 0 Å². The summed E-state index contributed by atoms with van der Waals surface area (Å²) in [6.45, 7) is 5.67. The Bertz CT molecular complexity index is 517. The van der Waals surface area contributed by atoms with Crippen LogP contribution in [0.5, 0.6) is 0 Å². The van der Waals surface area contributed by atoms with Crippen LogP contribution in [-0.2, 0) is 15.9 Å². The van der Waals surface area contributed by atoms with Crippen molar-refractivity contribution in [2.45, 2.75) is 37.5 Å². The number of hydrogen-bond donors (Lipinski definition) is 0. The highest BCUT2D eigenvalue weighted by molar-refractivity contribution is 7.89. The second-order valence-corrected chi connectivity index (χ2v) is 8.50. The lowest BCUT2D eigenvalue weighted by molar-refractivity contribution is 0.226. The predicted molar refractivity (Wildman–Crippen MR) is 80.2 cm³/mol. The summed E-state index contributed by atoms with van der Waals surface area (Å²) in [6.07, 6.45) is 1.91. The fourth-order valence-electron chi connectivity index (χ4n) is 2.58. The van der Waals surface area contributed by atoms with Crippen molar-refractivity contribution in [3.8, 4) is 0 Å². The maximum absolute atomic E-state index is 12.6. The van der Waals surface area contributed by atoms with Crippen LogP contribution in [0.3, 0.4) is 0 Å². The monoisotopic (exact) mass is 321 g/mol. The summed E-state index contributed by atoms with van der Waals surface area (Å²) in [4.78, 5) is 1.14. The smallest absolute Gasteiger partial charge is 0.207 e. The van der Waals surface area contributed by atoms with E-state index < -0.39 is 10.0 Å². The molecule has 1 aliphatic heterocycles. The van der Waals surface area contributed by atoms with Gasteiger partial charge in [-0.3, -0.25) is 0 Å². The van der Waals surface area contributed by atoms with E-state index in [1.54, 1.807) is 15.8 Å². The average Bonchev–Trinajstić information content (AvgIpc) is 2.87. The van der Waals surface area contributed by atoms with E-state index in [-0.39, 0.29) is 5.88 Å². The molecule has 0 N–H and O–H groups in total. The zero-order valence-corrected chi connectivity index (χ0v) is 13.7. The molecule has 0 aliphatic carbocycles. The van der Waals surface area contributed by atoms with Gasteiger partial charge in [-0.15, -0.1) is 22.9 Å². The lowest BCUT2D eigenvalue weighted by Crippen LogP contribution is -2.39. The van der Waals surface area contributed by atoms with Crippen LogP contribution in [0.25, 0.3) is 0 Å². The van der Waals surface area contributed by atoms with E-state index in [1.807, 2.05) is 0 Å². The van der Waals surface area contributed by atoms with Gasteiger partial charge in [0.05, 0.1) is 10.8 Å². The van der Waals surface area contributed by atoms with Crippen molar-refractivity contribution < 1.29 is 8.42 Å². The lowest BCUT2D eigenvalue weighted by atomic mass is 9.87. The van der Waals surface area contributed by atoms with E-state index in [4.69, 9.17) is 11.6 Å². The van der Waals surface area contributed by atoms with Gasteiger partial charge in [0, 0.05) is 18.0 Å². The number of nitrogens with zero attached hydrogens (tertiary/aromatic N) is 1. The third-order valence-electron chi connectivity index (χ3n) is 3.89. The molecule has 1 aliphatic rings. The average molecular weight is 322 g/mol. The van der Waals surface area contributed by atoms with Crippen LogP contribution < -0.4 is 0 Å². The molecule has 2 heterocycles. The van der Waals surface area contributed by atoms with Crippen molar-refractivity contribution in [3.05, 3.63) is 16.3 Å². The Hall–Kier alpha value is -0.100. The van der Waals surface area contributed by atoms with Crippen molar-refractivity contribution in [2.24, 2.45) is 11.8 Å². The van der Waals surface area contributed by atoms with Gasteiger partial charge < -0.3 is 0 Å². The summed E-state index contributed by atoms with van der Waals surface area (Å²) in [5.74, 6) is 1.53. The highest BCUT2D eigenvalue weighted by Crippen LogP contribution is 2.31. The maximum Gasteiger partial charge on any atom is 0.244 e. The Morgan fingerprint density at radius 3 is 2.58 bits per heavy atom. The van der Waals surface area contributed by atoms with Crippen molar-refractivity contribution >= 4 is 33.0 Å². The van der Waals surface area contributed by atoms with Crippen molar-refractivity contribution in [1.29, 1.82) is 0 Å². The summed E-state index contributed by atoms with van der Waals surface area (Å²) in [6, 6.07) is 1.67. The van der Waals surface area contributed by atoms with Crippen LogP contribution in [0, 0.1) is 11.8 Å². The molecule has 108 valence electrons. The van der Waals surface area contributed by atoms with Gasteiger partial charge in [-0.05, 0) is 36.1 Å². The van der Waals surface area contributed by atoms with E-state index >= 15 is 0 Å². The van der Waals surface area contributed by atoms with E-state index in [0.717, 1.165) is 17.7 Å². The molecular formula is C13H20ClNO2S2. The van der Waals surface area contributed by atoms with E-state index in [1.165, 1.54) is 11.3 Å². The zero-order chi connectivity index (χ0) is 14.0. The minimum atomic E-state index is -3.35. The molecule has 1 saturated heterocycles. The van der Waals surface area contributed by atoms with E-state index in [9.17, 15) is 8.42 Å². The molecule has 1 aromatic rings. The molecule has 6 heteroatoms. The molecule has 0 amide bonds. The van der Waals surface area contributed by atoms with E-state index in [2.05, 4.69) is 13.8 Å². The topological polar surface area (TPSA) is 37.4 Å². The van der Waals surface area contributed by atoms with Crippen molar-refractivity contribution in [1.82, 2.24) is 4.31 Å². The van der Waals surface area contributed by atoms with Gasteiger partial charge in [0.1, 0.15) is 0 Å². The lowest BCUT2D eigenvalue weighted by Gasteiger charge is -2.33. The second kappa shape index (κ2) is 6.12. The molecule has 2 rings (SSSR count). The minimum absolute atomic E-state index is 0.259. The molecule has 0 spiro atoms. The molecule has 0 bridgehead atoms. The van der Waals surface area contributed by atoms with Gasteiger partial charge in [-0.2, -0.15) is 4.31 Å². The third kappa shape index (κ3) is 3.15. The fourth-order valence-corrected chi connectivity index (χ4v) is 5.72. The molecule has 0 unspecified atom stereocenters. The van der Waals surface area contributed by atoms with Crippen LogP contribution in [0.15, 0.2) is 16.3 Å². The van der Waals surface area contributed by atoms with Gasteiger partial charge in [-0.1, -0.05) is 13.8 Å². The Kier molecular flexibility index (Phi) is 4.93. The first-order chi connectivity index (χ1) is 8.96. The molecule has 1 fully saturated rings. The highest BCUT2D eigenvalue weighted by atomic mass is 35.5. The molecule has 19 heavy (non-hydrogen) atoms. The van der Waals surface area contributed by atoms with Gasteiger partial charge in [-0.25, -0.2) is 8.42 Å². The quantitative estimate of drug-likeness (QED) is 0.795. The number of halogens is 1. The van der Waals surface area contributed by atoms with Crippen molar-refractivity contribution in [3.63, 3.8) is 0 Å². The Morgan fingerprint density at radius 1 is 1.42 bits per heavy atom. The molecule has 1 aromatic heterocycles. The number of sulfonamides is 1. The number of hydrogen-bond acceptors (Lipinski definition) is 3. The first-order valence-corrected chi connectivity index (χ1v) is 9.44. The number of rotatable bonds is 4. The summed E-state index contributed by atoms with van der Waals surface area (Å²) >= 11 is 7.22. The van der Waals surface area contributed by atoms with Crippen LogP contribution in [-0.4, -0.2) is 25.8 Å². The van der Waals surface area contributed by atoms with Gasteiger partial charge in [0.25, 0.3) is 0 Å². The molecular weight excluding hydrogens is 302 g/mol. The summed E-state index contributed by atoms with van der Waals surface area (Å²) in [5, 5.41) is 1.80. The normalized spacial score (nSPS) is 19.2. The fraction of sp³-hybridized carbons (Fsp3) is 0.692. The molecule has 3 nitrogen and oxygen atoms in total. The second-order valence-electron chi connectivity index (χ2n) is 5.33. The van der Waals surface area contributed by atoms with Crippen LogP contribution in [0.2, 0.25) is 0 Å². The first kappa shape index (κ1) is 15.3. The number of piperidine rings is 1. The van der Waals surface area contributed by atoms with Crippen LogP contribution in [0.4, 0.5) is 0 Å². The Morgan fingerprint density at radius 2 is 2.05 bits per heavy atom. The number of thiophene rings is 1. The first-order valence-electron chi connectivity index (χ1n) is 6.59. The molecule has 0 radical (unpaired) electrons. The largest absolute Gasteiger partial charge is 0.244 e. The predicted octanol–water partition coefficient (Wildman–Crippen LogP) is 3.54. The highest BCUT2D eigenvalue weighted by Gasteiger charge is 2.31. The van der Waals surface area contributed by atoms with Crippen molar-refractivity contribution in [2.75, 3.05) is 13.1 Å². The maximum atomic E-state index is 12.6. The minimum Gasteiger partial charge on any atom is -0.207 e. The standard InChI is InChI=1S/C13H20ClNO2S2/c1-10(2)11-3-6-15(7-4-11)19(16,17)13-5-8-18-12(13)9-14/h5,8,10-11H,3-4,6-7,9H2,1-2H3. The van der Waals surface area contributed by atoms with Crippen LogP contribution in [0.1, 0.15) is 31.6 Å². The van der Waals surface area contributed by atoms with Gasteiger partial charge >= 0.3 is 0 Å². The third-order valence-corrected chi connectivity index (χ3v) is 7.34. The Balaban J connectivity index is 2.14. The zero-order valence-electron chi connectivity index (χ0n) is 11.3. The molecule has 0 aromatic carbocycles. The Labute approximate surface area is 124 Å². The summed E-state index contributed by atoms with van der Waals surface area (Å²) in [5.41, 5.74) is 0. The summed E-state index contributed by atoms with van der Waals surface area (Å²) < 4.78 is 26.8. The van der Waals surface area contributed by atoms with Crippen LogP contribution >= 0.6 is 22.9 Å².